The molecule has 0 spiro atoms. The van der Waals surface area contributed by atoms with Crippen LogP contribution in [0.3, 0.4) is 0 Å². The van der Waals surface area contributed by atoms with Gasteiger partial charge in [0.15, 0.2) is 16.3 Å². The van der Waals surface area contributed by atoms with E-state index in [4.69, 9.17) is 14.2 Å². The third-order valence-corrected chi connectivity index (χ3v) is 8.38. The number of benzene rings is 3. The fourth-order valence-corrected chi connectivity index (χ4v) is 6.48. The van der Waals surface area contributed by atoms with E-state index >= 15 is 0 Å². The van der Waals surface area contributed by atoms with Crippen LogP contribution in [-0.2, 0) is 16.1 Å². The summed E-state index contributed by atoms with van der Waals surface area (Å²) in [6.07, 6.45) is 1.77. The predicted molar refractivity (Wildman–Crippen MR) is 168 cm³/mol. The Kier molecular flexibility index (Phi) is 9.27. The van der Waals surface area contributed by atoms with E-state index < -0.39 is 12.0 Å². The molecule has 7 nitrogen and oxygen atoms in total. The number of rotatable bonds is 9. The number of esters is 1. The molecule has 0 bridgehead atoms. The lowest BCUT2D eigenvalue weighted by Gasteiger charge is -2.24. The van der Waals surface area contributed by atoms with Crippen molar-refractivity contribution in [2.75, 3.05) is 13.2 Å². The van der Waals surface area contributed by atoms with E-state index in [1.807, 2.05) is 44.2 Å². The summed E-state index contributed by atoms with van der Waals surface area (Å²) >= 11 is 4.83. The molecule has 1 aromatic heterocycles. The molecule has 1 atom stereocenters. The zero-order chi connectivity index (χ0) is 30.7. The summed E-state index contributed by atoms with van der Waals surface area (Å²) in [4.78, 5) is 32.2. The number of fused-ring (bicyclic) bond motifs is 1. The molecule has 0 aliphatic carbocycles. The Morgan fingerprint density at radius 1 is 1.07 bits per heavy atom. The minimum atomic E-state index is -0.678. The zero-order valence-electron chi connectivity index (χ0n) is 24.1. The van der Waals surface area contributed by atoms with Crippen molar-refractivity contribution in [2.24, 2.45) is 4.99 Å². The second kappa shape index (κ2) is 13.1. The van der Waals surface area contributed by atoms with Crippen molar-refractivity contribution < 1.29 is 23.4 Å². The van der Waals surface area contributed by atoms with Gasteiger partial charge in [-0.05, 0) is 90.7 Å². The second-order valence-corrected chi connectivity index (χ2v) is 11.8. The van der Waals surface area contributed by atoms with E-state index in [1.165, 1.54) is 23.5 Å². The number of thiazole rings is 1. The number of nitrogens with zero attached hydrogens (tertiary/aromatic N) is 2. The molecule has 43 heavy (non-hydrogen) atoms. The molecule has 0 saturated carbocycles. The van der Waals surface area contributed by atoms with Gasteiger partial charge in [-0.15, -0.1) is 0 Å². The molecule has 2 heterocycles. The van der Waals surface area contributed by atoms with Crippen molar-refractivity contribution in [2.45, 2.75) is 40.3 Å². The van der Waals surface area contributed by atoms with Crippen LogP contribution in [0.25, 0.3) is 6.08 Å². The number of aromatic nitrogens is 1. The Hall–Kier alpha value is -4.02. The minimum Gasteiger partial charge on any atom is -0.490 e. The lowest BCUT2D eigenvalue weighted by Crippen LogP contribution is -2.39. The van der Waals surface area contributed by atoms with Gasteiger partial charge >= 0.3 is 5.97 Å². The third-order valence-electron chi connectivity index (χ3n) is 6.81. The van der Waals surface area contributed by atoms with Crippen LogP contribution in [0, 0.1) is 12.7 Å². The van der Waals surface area contributed by atoms with Gasteiger partial charge in [-0.3, -0.25) is 9.36 Å². The van der Waals surface area contributed by atoms with Gasteiger partial charge in [0.1, 0.15) is 12.4 Å². The van der Waals surface area contributed by atoms with Crippen LogP contribution in [0.2, 0.25) is 0 Å². The summed E-state index contributed by atoms with van der Waals surface area (Å²) < 4.78 is 33.5. The molecular formula is C33H30BrFN2O5S. The number of carbonyl (C=O) groups is 1. The van der Waals surface area contributed by atoms with E-state index in [9.17, 15) is 14.0 Å². The molecule has 0 fully saturated rings. The molecule has 0 unspecified atom stereocenters. The summed E-state index contributed by atoms with van der Waals surface area (Å²) in [5.74, 6) is 0.114. The molecule has 0 radical (unpaired) electrons. The van der Waals surface area contributed by atoms with Gasteiger partial charge in [0.2, 0.25) is 0 Å². The highest BCUT2D eigenvalue weighted by atomic mass is 79.9. The largest absolute Gasteiger partial charge is 0.490 e. The van der Waals surface area contributed by atoms with Crippen molar-refractivity contribution in [1.29, 1.82) is 0 Å². The fourth-order valence-electron chi connectivity index (χ4n) is 4.86. The summed E-state index contributed by atoms with van der Waals surface area (Å²) in [7, 11) is 0. The standard InChI is InChI=1S/C33H30BrFN2O5S/c1-5-40-26-16-22(15-25(34)30(26)42-18-21-8-7-9-24(35)14-21)17-27-31(38)37-29(23-12-10-19(3)11-13-23)28(32(39)41-6-2)20(4)36-33(37)43-27/h7-17,29H,5-6,18H2,1-4H3/b27-17+/t29-/m0/s1. The number of ether oxygens (including phenoxy) is 3. The van der Waals surface area contributed by atoms with E-state index in [0.29, 0.717) is 54.3 Å². The Balaban J connectivity index is 1.58. The third kappa shape index (κ3) is 6.50. The molecular weight excluding hydrogens is 635 g/mol. The van der Waals surface area contributed by atoms with Gasteiger partial charge in [-0.25, -0.2) is 14.2 Å². The van der Waals surface area contributed by atoms with Crippen molar-refractivity contribution in [1.82, 2.24) is 4.57 Å². The van der Waals surface area contributed by atoms with E-state index in [1.54, 1.807) is 42.7 Å². The Morgan fingerprint density at radius 3 is 2.53 bits per heavy atom. The molecule has 0 saturated heterocycles. The van der Waals surface area contributed by atoms with Crippen LogP contribution in [0.5, 0.6) is 11.5 Å². The molecule has 10 heteroatoms. The van der Waals surface area contributed by atoms with Crippen molar-refractivity contribution in [3.05, 3.63) is 124 Å². The molecule has 0 N–H and O–H groups in total. The smallest absolute Gasteiger partial charge is 0.338 e. The zero-order valence-corrected chi connectivity index (χ0v) is 26.6. The summed E-state index contributed by atoms with van der Waals surface area (Å²) in [5, 5.41) is 0. The first-order valence-corrected chi connectivity index (χ1v) is 15.4. The molecule has 4 aromatic rings. The number of halogens is 2. The normalized spacial score (nSPS) is 14.7. The monoisotopic (exact) mass is 664 g/mol. The summed E-state index contributed by atoms with van der Waals surface area (Å²) in [6, 6.07) is 16.9. The molecule has 222 valence electrons. The molecule has 1 aliphatic heterocycles. The van der Waals surface area contributed by atoms with Gasteiger partial charge in [0, 0.05) is 0 Å². The molecule has 3 aromatic carbocycles. The van der Waals surface area contributed by atoms with Gasteiger partial charge in [0.05, 0.1) is 39.5 Å². The summed E-state index contributed by atoms with van der Waals surface area (Å²) in [5.41, 5.74) is 3.81. The summed E-state index contributed by atoms with van der Waals surface area (Å²) in [6.45, 7) is 8.10. The lowest BCUT2D eigenvalue weighted by molar-refractivity contribution is -0.139. The number of carbonyl (C=O) groups excluding carboxylic acids is 1. The second-order valence-electron chi connectivity index (χ2n) is 9.89. The topological polar surface area (TPSA) is 79.1 Å². The van der Waals surface area contributed by atoms with E-state index in [-0.39, 0.29) is 24.6 Å². The Bertz CT molecular complexity index is 1900. The highest BCUT2D eigenvalue weighted by Gasteiger charge is 2.33. The maximum atomic E-state index is 14.0. The van der Waals surface area contributed by atoms with Crippen LogP contribution in [0.15, 0.2) is 86.2 Å². The van der Waals surface area contributed by atoms with Crippen LogP contribution in [0.4, 0.5) is 4.39 Å². The van der Waals surface area contributed by atoms with Crippen LogP contribution >= 0.6 is 27.3 Å². The fraction of sp³-hybridized carbons (Fsp3) is 0.242. The average molecular weight is 666 g/mol. The van der Waals surface area contributed by atoms with Crippen LogP contribution < -0.4 is 24.4 Å². The molecule has 1 aliphatic rings. The molecule has 0 amide bonds. The quantitative estimate of drug-likeness (QED) is 0.206. The Morgan fingerprint density at radius 2 is 1.84 bits per heavy atom. The number of hydrogen-bond donors (Lipinski definition) is 0. The highest BCUT2D eigenvalue weighted by molar-refractivity contribution is 9.10. The SMILES string of the molecule is CCOC(=O)C1=C(C)N=c2s/c(=C/c3cc(Br)c(OCc4cccc(F)c4)c(OCC)c3)c(=O)n2[C@H]1c1ccc(C)cc1. The van der Waals surface area contributed by atoms with E-state index in [0.717, 1.165) is 11.1 Å². The number of allylic oxidation sites excluding steroid dienone is 1. The predicted octanol–water partition coefficient (Wildman–Crippen LogP) is 5.99. The average Bonchev–Trinajstić information content (AvgIpc) is 3.26. The highest BCUT2D eigenvalue weighted by Crippen LogP contribution is 2.38. The van der Waals surface area contributed by atoms with Gasteiger partial charge < -0.3 is 14.2 Å². The molecule has 5 rings (SSSR count). The maximum Gasteiger partial charge on any atom is 0.338 e. The van der Waals surface area contributed by atoms with Gasteiger partial charge in [0.25, 0.3) is 5.56 Å². The number of aryl methyl sites for hydroxylation is 1. The van der Waals surface area contributed by atoms with Crippen LogP contribution in [0.1, 0.15) is 49.1 Å². The maximum absolute atomic E-state index is 14.0. The van der Waals surface area contributed by atoms with Crippen LogP contribution in [-0.4, -0.2) is 23.8 Å². The first-order valence-electron chi connectivity index (χ1n) is 13.8. The van der Waals surface area contributed by atoms with Gasteiger partial charge in [-0.1, -0.05) is 53.3 Å². The lowest BCUT2D eigenvalue weighted by atomic mass is 9.95. The van der Waals surface area contributed by atoms with Crippen molar-refractivity contribution in [3.8, 4) is 11.5 Å². The van der Waals surface area contributed by atoms with E-state index in [2.05, 4.69) is 20.9 Å². The Labute approximate surface area is 260 Å². The number of hydrogen-bond acceptors (Lipinski definition) is 7. The minimum absolute atomic E-state index is 0.148. The van der Waals surface area contributed by atoms with Crippen molar-refractivity contribution >= 4 is 39.3 Å². The van der Waals surface area contributed by atoms with Gasteiger partial charge in [-0.2, -0.15) is 0 Å². The van der Waals surface area contributed by atoms with Crippen molar-refractivity contribution in [3.63, 3.8) is 0 Å². The first-order chi connectivity index (χ1) is 20.7. The first kappa shape index (κ1) is 30.4.